The number of rotatable bonds is 5. The molecule has 2 saturated heterocycles. The van der Waals surface area contributed by atoms with E-state index in [1.165, 1.54) is 0 Å². The molecule has 10 heteroatoms. The Bertz CT molecular complexity index is 719. The molecule has 2 aliphatic rings. The van der Waals surface area contributed by atoms with Crippen molar-refractivity contribution in [2.45, 2.75) is 70.8 Å². The standard InChI is InChI=1S/C20H32N4O6/c1-4-7-21-18(26)8-15-5-6-16-17(29-15)11-28-10-14(25)9-24(16)20(27)22-19-12(2)23-30-13(19)3/h14-17,25H,4-11H2,1-3H3,(H,21,26)(H,22,27)/t14-,15-,16-,17+/m0/s1. The number of hydrogen-bond acceptors (Lipinski definition) is 7. The number of nitrogens with one attached hydrogen (secondary N) is 2. The predicted octanol–water partition coefficient (Wildman–Crippen LogP) is 1.35. The van der Waals surface area contributed by atoms with Gasteiger partial charge in [0.15, 0.2) is 5.76 Å². The van der Waals surface area contributed by atoms with Crippen LogP contribution >= 0.6 is 0 Å². The van der Waals surface area contributed by atoms with E-state index in [1.54, 1.807) is 18.7 Å². The third-order valence-corrected chi connectivity index (χ3v) is 5.49. The van der Waals surface area contributed by atoms with E-state index in [4.69, 9.17) is 14.0 Å². The summed E-state index contributed by atoms with van der Waals surface area (Å²) in [6.07, 6.45) is 1.09. The number of amides is 3. The number of carbonyl (C=O) groups is 2. The van der Waals surface area contributed by atoms with Crippen LogP contribution in [0.25, 0.3) is 0 Å². The molecule has 0 aromatic carbocycles. The first kappa shape index (κ1) is 22.5. The van der Waals surface area contributed by atoms with Crippen molar-refractivity contribution in [2.24, 2.45) is 0 Å². The van der Waals surface area contributed by atoms with E-state index >= 15 is 0 Å². The minimum atomic E-state index is -0.793. The van der Waals surface area contributed by atoms with Crippen LogP contribution in [0.4, 0.5) is 10.5 Å². The third-order valence-electron chi connectivity index (χ3n) is 5.49. The first-order valence-electron chi connectivity index (χ1n) is 10.6. The summed E-state index contributed by atoms with van der Waals surface area (Å²) in [7, 11) is 0. The first-order chi connectivity index (χ1) is 14.4. The molecule has 0 bridgehead atoms. The van der Waals surface area contributed by atoms with Crippen molar-refractivity contribution in [3.63, 3.8) is 0 Å². The molecule has 3 amide bonds. The number of aliphatic hydroxyl groups is 1. The predicted molar refractivity (Wildman–Crippen MR) is 108 cm³/mol. The highest BCUT2D eigenvalue weighted by Crippen LogP contribution is 2.29. The minimum absolute atomic E-state index is 0.0320. The molecule has 1 aromatic rings. The number of urea groups is 1. The Balaban J connectivity index is 1.69. The highest BCUT2D eigenvalue weighted by Gasteiger charge is 2.40. The molecular formula is C20H32N4O6. The SMILES string of the molecule is CCCNC(=O)C[C@@H]1CC[C@H]2[C@@H](COC[C@@H](O)CN2C(=O)Nc2c(C)noc2C)O1. The Labute approximate surface area is 176 Å². The van der Waals surface area contributed by atoms with Gasteiger partial charge in [0.25, 0.3) is 0 Å². The molecular weight excluding hydrogens is 392 g/mol. The number of hydrogen-bond donors (Lipinski definition) is 3. The number of aromatic nitrogens is 1. The van der Waals surface area contributed by atoms with Crippen molar-refractivity contribution < 1.29 is 28.7 Å². The fourth-order valence-corrected chi connectivity index (χ4v) is 3.96. The summed E-state index contributed by atoms with van der Waals surface area (Å²) in [6, 6.07) is -0.613. The molecule has 30 heavy (non-hydrogen) atoms. The van der Waals surface area contributed by atoms with Crippen molar-refractivity contribution in [3.8, 4) is 0 Å². The number of aryl methyl sites for hydroxylation is 2. The molecule has 4 atom stereocenters. The number of aliphatic hydroxyl groups excluding tert-OH is 1. The van der Waals surface area contributed by atoms with Gasteiger partial charge in [0.05, 0.1) is 44.4 Å². The lowest BCUT2D eigenvalue weighted by Gasteiger charge is -2.44. The van der Waals surface area contributed by atoms with Crippen LogP contribution in [0.1, 0.15) is 44.1 Å². The molecule has 0 unspecified atom stereocenters. The Morgan fingerprint density at radius 3 is 2.77 bits per heavy atom. The molecule has 0 spiro atoms. The number of fused-ring (bicyclic) bond motifs is 1. The lowest BCUT2D eigenvalue weighted by molar-refractivity contribution is -0.149. The van der Waals surface area contributed by atoms with Gasteiger partial charge in [-0.15, -0.1) is 0 Å². The molecule has 0 aliphatic carbocycles. The lowest BCUT2D eigenvalue weighted by atomic mass is 9.95. The maximum absolute atomic E-state index is 13.1. The van der Waals surface area contributed by atoms with E-state index in [0.29, 0.717) is 36.5 Å². The zero-order chi connectivity index (χ0) is 21.7. The van der Waals surface area contributed by atoms with Gasteiger partial charge in [-0.1, -0.05) is 12.1 Å². The molecule has 3 heterocycles. The minimum Gasteiger partial charge on any atom is -0.389 e. The molecule has 3 N–H and O–H groups in total. The van der Waals surface area contributed by atoms with Gasteiger partial charge in [-0.2, -0.15) is 0 Å². The second-order valence-corrected chi connectivity index (χ2v) is 7.97. The summed E-state index contributed by atoms with van der Waals surface area (Å²) in [5, 5.41) is 19.8. The van der Waals surface area contributed by atoms with E-state index in [1.807, 2.05) is 6.92 Å². The van der Waals surface area contributed by atoms with Gasteiger partial charge in [-0.05, 0) is 33.1 Å². The van der Waals surface area contributed by atoms with Gasteiger partial charge < -0.3 is 34.6 Å². The van der Waals surface area contributed by atoms with E-state index in [2.05, 4.69) is 15.8 Å². The second kappa shape index (κ2) is 10.2. The molecule has 3 rings (SSSR count). The zero-order valence-corrected chi connectivity index (χ0v) is 17.8. The maximum atomic E-state index is 13.1. The van der Waals surface area contributed by atoms with Crippen LogP contribution in [0.15, 0.2) is 4.52 Å². The quantitative estimate of drug-likeness (QED) is 0.651. The zero-order valence-electron chi connectivity index (χ0n) is 17.8. The average Bonchev–Trinajstić information content (AvgIpc) is 3.01. The van der Waals surface area contributed by atoms with Gasteiger partial charge >= 0.3 is 6.03 Å². The van der Waals surface area contributed by atoms with Crippen molar-refractivity contribution in [1.82, 2.24) is 15.4 Å². The van der Waals surface area contributed by atoms with Crippen LogP contribution in [0.5, 0.6) is 0 Å². The average molecular weight is 424 g/mol. The van der Waals surface area contributed by atoms with E-state index in [9.17, 15) is 14.7 Å². The summed E-state index contributed by atoms with van der Waals surface area (Å²) in [4.78, 5) is 26.8. The Morgan fingerprint density at radius 1 is 1.27 bits per heavy atom. The van der Waals surface area contributed by atoms with Crippen molar-refractivity contribution in [3.05, 3.63) is 11.5 Å². The second-order valence-electron chi connectivity index (χ2n) is 7.97. The number of anilines is 1. The number of nitrogens with zero attached hydrogens (tertiary/aromatic N) is 2. The van der Waals surface area contributed by atoms with Crippen LogP contribution in [-0.4, -0.2) is 77.8 Å². The summed E-state index contributed by atoms with van der Waals surface area (Å²) in [5.74, 6) is 0.488. The Morgan fingerprint density at radius 2 is 2.07 bits per heavy atom. The smallest absolute Gasteiger partial charge is 0.322 e. The third kappa shape index (κ3) is 5.50. The van der Waals surface area contributed by atoms with Crippen LogP contribution in [0.2, 0.25) is 0 Å². The largest absolute Gasteiger partial charge is 0.389 e. The number of carbonyl (C=O) groups excluding carboxylic acids is 2. The van der Waals surface area contributed by atoms with E-state index in [-0.39, 0.29) is 56.4 Å². The summed E-state index contributed by atoms with van der Waals surface area (Å²) >= 11 is 0. The van der Waals surface area contributed by atoms with E-state index in [0.717, 1.165) is 6.42 Å². The van der Waals surface area contributed by atoms with Crippen LogP contribution < -0.4 is 10.6 Å². The van der Waals surface area contributed by atoms with Crippen molar-refractivity contribution in [2.75, 3.05) is 31.6 Å². The molecule has 10 nitrogen and oxygen atoms in total. The van der Waals surface area contributed by atoms with Crippen LogP contribution in [0, 0.1) is 13.8 Å². The molecule has 2 fully saturated rings. The van der Waals surface area contributed by atoms with E-state index < -0.39 is 6.10 Å². The van der Waals surface area contributed by atoms with Gasteiger partial charge in [-0.25, -0.2) is 4.79 Å². The Hall–Kier alpha value is -2.17. The van der Waals surface area contributed by atoms with Crippen molar-refractivity contribution >= 4 is 17.6 Å². The maximum Gasteiger partial charge on any atom is 0.322 e. The summed E-state index contributed by atoms with van der Waals surface area (Å²) in [5.41, 5.74) is 1.12. The highest BCUT2D eigenvalue weighted by atomic mass is 16.5. The summed E-state index contributed by atoms with van der Waals surface area (Å²) in [6.45, 7) is 6.63. The molecule has 2 aliphatic heterocycles. The molecule has 1 aromatic heterocycles. The number of ether oxygens (including phenoxy) is 2. The Kier molecular flexibility index (Phi) is 7.68. The van der Waals surface area contributed by atoms with Gasteiger partial charge in [0, 0.05) is 6.54 Å². The molecule has 0 radical (unpaired) electrons. The molecule has 0 saturated carbocycles. The number of β-amino-alcohol motifs (C(OH)–C–C–N with tert-alkyl or cyclic N) is 1. The lowest BCUT2D eigenvalue weighted by Crippen LogP contribution is -2.58. The van der Waals surface area contributed by atoms with Crippen molar-refractivity contribution in [1.29, 1.82) is 0 Å². The fourth-order valence-electron chi connectivity index (χ4n) is 3.96. The normalized spacial score (nSPS) is 27.0. The monoisotopic (exact) mass is 424 g/mol. The fraction of sp³-hybridized carbons (Fsp3) is 0.750. The van der Waals surface area contributed by atoms with Crippen LogP contribution in [-0.2, 0) is 14.3 Å². The van der Waals surface area contributed by atoms with Gasteiger partial charge in [-0.3, -0.25) is 4.79 Å². The van der Waals surface area contributed by atoms with Crippen LogP contribution in [0.3, 0.4) is 0 Å². The van der Waals surface area contributed by atoms with Gasteiger partial charge in [0.2, 0.25) is 5.91 Å². The first-order valence-corrected chi connectivity index (χ1v) is 10.6. The highest BCUT2D eigenvalue weighted by molar-refractivity contribution is 5.90. The summed E-state index contributed by atoms with van der Waals surface area (Å²) < 4.78 is 16.9. The molecule has 168 valence electrons. The van der Waals surface area contributed by atoms with Gasteiger partial charge in [0.1, 0.15) is 17.5 Å². The topological polar surface area (TPSA) is 126 Å².